The number of benzene rings is 1. The zero-order chi connectivity index (χ0) is 16.2. The Hall–Kier alpha value is -1.11. The summed E-state index contributed by atoms with van der Waals surface area (Å²) in [6, 6.07) is 4.65. The monoisotopic (exact) mass is 363 g/mol. The van der Waals surface area contributed by atoms with Gasteiger partial charge in [0, 0.05) is 6.07 Å². The summed E-state index contributed by atoms with van der Waals surface area (Å²) in [4.78, 5) is 23.5. The number of aliphatic carboxylic acids is 1. The lowest BCUT2D eigenvalue weighted by Crippen LogP contribution is -2.57. The van der Waals surface area contributed by atoms with Gasteiger partial charge in [-0.05, 0) is 36.5 Å². The first-order valence-corrected chi connectivity index (χ1v) is 8.54. The second-order valence-electron chi connectivity index (χ2n) is 4.91. The Morgan fingerprint density at radius 3 is 2.55 bits per heavy atom. The van der Waals surface area contributed by atoms with Crippen LogP contribution >= 0.6 is 35.0 Å². The Balaban J connectivity index is 1.94. The molecule has 0 bridgehead atoms. The minimum atomic E-state index is -1.19. The van der Waals surface area contributed by atoms with E-state index in [0.29, 0.717) is 40.1 Å². The molecule has 1 amide bonds. The van der Waals surface area contributed by atoms with Gasteiger partial charge in [0.1, 0.15) is 11.3 Å². The van der Waals surface area contributed by atoms with Crippen LogP contribution < -0.4 is 10.1 Å². The molecule has 0 unspecified atom stereocenters. The number of carbonyl (C=O) groups excluding carboxylic acids is 1. The summed E-state index contributed by atoms with van der Waals surface area (Å²) < 4.78 is 5.32. The molecule has 22 heavy (non-hydrogen) atoms. The van der Waals surface area contributed by atoms with Gasteiger partial charge in [-0.3, -0.25) is 4.79 Å². The van der Waals surface area contributed by atoms with Crippen LogP contribution in [-0.2, 0) is 9.59 Å². The summed E-state index contributed by atoms with van der Waals surface area (Å²) in [5, 5.41) is 12.7. The molecular weight excluding hydrogens is 349 g/mol. The zero-order valence-electron chi connectivity index (χ0n) is 11.6. The third-order valence-electron chi connectivity index (χ3n) is 3.40. The highest BCUT2D eigenvalue weighted by Crippen LogP contribution is 2.28. The van der Waals surface area contributed by atoms with Crippen LogP contribution in [-0.4, -0.2) is 40.6 Å². The van der Waals surface area contributed by atoms with Crippen molar-refractivity contribution in [2.24, 2.45) is 0 Å². The number of ether oxygens (including phenoxy) is 1. The van der Waals surface area contributed by atoms with Crippen molar-refractivity contribution >= 4 is 46.8 Å². The van der Waals surface area contributed by atoms with Crippen molar-refractivity contribution in [3.05, 3.63) is 28.2 Å². The highest BCUT2D eigenvalue weighted by Gasteiger charge is 2.41. The molecule has 2 N–H and O–H groups in total. The number of hydrogen-bond acceptors (Lipinski definition) is 4. The molecule has 1 fully saturated rings. The average Bonchev–Trinajstić information content (AvgIpc) is 2.49. The number of carboxylic acid groups (broad SMARTS) is 1. The first kappa shape index (κ1) is 17.2. The van der Waals surface area contributed by atoms with Gasteiger partial charge in [-0.15, -0.1) is 0 Å². The maximum absolute atomic E-state index is 12.0. The number of thioether (sulfide) groups is 1. The van der Waals surface area contributed by atoms with Crippen molar-refractivity contribution in [1.82, 2.24) is 5.32 Å². The molecule has 1 aliphatic heterocycles. The van der Waals surface area contributed by atoms with Gasteiger partial charge in [-0.2, -0.15) is 11.8 Å². The van der Waals surface area contributed by atoms with Gasteiger partial charge in [-0.25, -0.2) is 4.79 Å². The van der Waals surface area contributed by atoms with E-state index >= 15 is 0 Å². The smallest absolute Gasteiger partial charge is 0.329 e. The summed E-state index contributed by atoms with van der Waals surface area (Å²) in [6.07, 6.45) is 0.816. The van der Waals surface area contributed by atoms with Gasteiger partial charge in [0.05, 0.1) is 10.0 Å². The first-order valence-electron chi connectivity index (χ1n) is 6.63. The fourth-order valence-corrected chi connectivity index (χ4v) is 3.61. The number of amides is 1. The molecule has 8 heteroatoms. The molecule has 0 atom stereocenters. The highest BCUT2D eigenvalue weighted by atomic mass is 35.5. The summed E-state index contributed by atoms with van der Waals surface area (Å²) in [5.74, 6) is 0.338. The number of rotatable bonds is 5. The molecule has 1 saturated heterocycles. The predicted octanol–water partition coefficient (Wildman–Crippen LogP) is 2.84. The van der Waals surface area contributed by atoms with Crippen LogP contribution in [0, 0.1) is 0 Å². The molecule has 0 aromatic heterocycles. The van der Waals surface area contributed by atoms with E-state index < -0.39 is 17.4 Å². The lowest BCUT2D eigenvalue weighted by molar-refractivity contribution is -0.148. The SMILES string of the molecule is O=C(COc1ccc(Cl)c(Cl)c1)NC1(C(=O)O)CCSCC1. The van der Waals surface area contributed by atoms with Crippen molar-refractivity contribution < 1.29 is 19.4 Å². The molecule has 0 aliphatic carbocycles. The molecule has 5 nitrogen and oxygen atoms in total. The number of carboxylic acids is 1. The maximum Gasteiger partial charge on any atom is 0.329 e. The van der Waals surface area contributed by atoms with E-state index in [-0.39, 0.29) is 6.61 Å². The molecule has 0 radical (unpaired) electrons. The Morgan fingerprint density at radius 1 is 1.27 bits per heavy atom. The van der Waals surface area contributed by atoms with Crippen LogP contribution in [0.2, 0.25) is 10.0 Å². The first-order chi connectivity index (χ1) is 10.4. The lowest BCUT2D eigenvalue weighted by atomic mass is 9.92. The van der Waals surface area contributed by atoms with E-state index in [9.17, 15) is 14.7 Å². The van der Waals surface area contributed by atoms with Crippen LogP contribution in [0.3, 0.4) is 0 Å². The molecule has 2 rings (SSSR count). The molecule has 1 heterocycles. The second-order valence-corrected chi connectivity index (χ2v) is 6.95. The number of nitrogens with one attached hydrogen (secondary N) is 1. The van der Waals surface area contributed by atoms with Crippen molar-refractivity contribution in [2.45, 2.75) is 18.4 Å². The topological polar surface area (TPSA) is 75.6 Å². The van der Waals surface area contributed by atoms with E-state index in [4.69, 9.17) is 27.9 Å². The Kier molecular flexibility index (Phi) is 5.83. The maximum atomic E-state index is 12.0. The van der Waals surface area contributed by atoms with E-state index in [1.807, 2.05) is 0 Å². The second kappa shape index (κ2) is 7.44. The fraction of sp³-hybridized carbons (Fsp3) is 0.429. The lowest BCUT2D eigenvalue weighted by Gasteiger charge is -2.33. The Labute approximate surface area is 142 Å². The van der Waals surface area contributed by atoms with Crippen molar-refractivity contribution in [3.63, 3.8) is 0 Å². The molecule has 1 aromatic carbocycles. The molecule has 0 saturated carbocycles. The number of halogens is 2. The normalized spacial score (nSPS) is 16.8. The van der Waals surface area contributed by atoms with Crippen molar-refractivity contribution in [1.29, 1.82) is 0 Å². The summed E-state index contributed by atoms with van der Waals surface area (Å²) >= 11 is 13.3. The van der Waals surface area contributed by atoms with Gasteiger partial charge in [0.15, 0.2) is 6.61 Å². The molecular formula is C14H15Cl2NO4S. The highest BCUT2D eigenvalue weighted by molar-refractivity contribution is 7.99. The van der Waals surface area contributed by atoms with E-state index in [1.54, 1.807) is 23.9 Å². The van der Waals surface area contributed by atoms with Crippen LogP contribution in [0.25, 0.3) is 0 Å². The predicted molar refractivity (Wildman–Crippen MR) is 87.0 cm³/mol. The third kappa shape index (κ3) is 4.21. The molecule has 1 aromatic rings. The fourth-order valence-electron chi connectivity index (χ4n) is 2.13. The van der Waals surface area contributed by atoms with Crippen LogP contribution in [0.1, 0.15) is 12.8 Å². The van der Waals surface area contributed by atoms with Crippen LogP contribution in [0.5, 0.6) is 5.75 Å². The minimum Gasteiger partial charge on any atom is -0.484 e. The summed E-state index contributed by atoms with van der Waals surface area (Å²) in [6.45, 7) is -0.278. The van der Waals surface area contributed by atoms with Gasteiger partial charge >= 0.3 is 5.97 Å². The van der Waals surface area contributed by atoms with Crippen molar-refractivity contribution in [3.8, 4) is 5.75 Å². The van der Waals surface area contributed by atoms with Crippen molar-refractivity contribution in [2.75, 3.05) is 18.1 Å². The standard InChI is InChI=1S/C14H15Cl2NO4S/c15-10-2-1-9(7-11(10)16)21-8-12(18)17-14(13(19)20)3-5-22-6-4-14/h1-2,7H,3-6,8H2,(H,17,18)(H,19,20). The number of carbonyl (C=O) groups is 2. The average molecular weight is 364 g/mol. The number of hydrogen-bond donors (Lipinski definition) is 2. The molecule has 120 valence electrons. The van der Waals surface area contributed by atoms with Gasteiger partial charge in [-0.1, -0.05) is 23.2 Å². The Morgan fingerprint density at radius 2 is 1.95 bits per heavy atom. The quantitative estimate of drug-likeness (QED) is 0.840. The zero-order valence-corrected chi connectivity index (χ0v) is 13.9. The summed E-state index contributed by atoms with van der Waals surface area (Å²) in [5.41, 5.74) is -1.19. The third-order valence-corrected chi connectivity index (χ3v) is 5.12. The Bertz CT molecular complexity index is 576. The summed E-state index contributed by atoms with van der Waals surface area (Å²) in [7, 11) is 0. The largest absolute Gasteiger partial charge is 0.484 e. The van der Waals surface area contributed by atoms with E-state index in [0.717, 1.165) is 0 Å². The minimum absolute atomic E-state index is 0.278. The van der Waals surface area contributed by atoms with Crippen LogP contribution in [0.15, 0.2) is 18.2 Å². The van der Waals surface area contributed by atoms with Gasteiger partial charge in [0.2, 0.25) is 0 Å². The van der Waals surface area contributed by atoms with E-state index in [2.05, 4.69) is 5.32 Å². The molecule has 1 aliphatic rings. The van der Waals surface area contributed by atoms with Gasteiger partial charge < -0.3 is 15.2 Å². The molecule has 0 spiro atoms. The van der Waals surface area contributed by atoms with Gasteiger partial charge in [0.25, 0.3) is 5.91 Å². The van der Waals surface area contributed by atoms with Crippen LogP contribution in [0.4, 0.5) is 0 Å². The van der Waals surface area contributed by atoms with E-state index in [1.165, 1.54) is 6.07 Å².